The van der Waals surface area contributed by atoms with Gasteiger partial charge in [-0.25, -0.2) is 9.55 Å². The maximum absolute atomic E-state index is 13.6. The first kappa shape index (κ1) is 29.2. The largest absolute Gasteiger partial charge is 0.468 e. The molecule has 0 radical (unpaired) electrons. The molecule has 3 rings (SSSR count). The Bertz CT molecular complexity index is 1330. The number of nitrogens with zero attached hydrogens (tertiary/aromatic N) is 3. The molecule has 0 bridgehead atoms. The number of methoxy groups -OCH3 is 1. The van der Waals surface area contributed by atoms with Crippen LogP contribution in [-0.4, -0.2) is 73.8 Å². The fourth-order valence-corrected chi connectivity index (χ4v) is 4.86. The molecule has 0 amide bonds. The molecule has 1 aromatic carbocycles. The van der Waals surface area contributed by atoms with E-state index in [1.54, 1.807) is 18.2 Å². The average molecular weight is 554 g/mol. The second-order valence-electron chi connectivity index (χ2n) is 8.39. The Morgan fingerprint density at radius 3 is 2.50 bits per heavy atom. The van der Waals surface area contributed by atoms with Gasteiger partial charge in [0.1, 0.15) is 17.9 Å². The van der Waals surface area contributed by atoms with E-state index in [2.05, 4.69) is 24.8 Å². The number of nitrogen functional groups attached to an aromatic ring is 1. The minimum absolute atomic E-state index is 0.0362. The number of aromatic nitrogens is 4. The molecule has 0 saturated heterocycles. The van der Waals surface area contributed by atoms with Crippen LogP contribution in [0.25, 0.3) is 11.2 Å². The van der Waals surface area contributed by atoms with Gasteiger partial charge < -0.3 is 29.9 Å². The van der Waals surface area contributed by atoms with Gasteiger partial charge in [0.25, 0.3) is 5.56 Å². The summed E-state index contributed by atoms with van der Waals surface area (Å²) in [6.07, 6.45) is -3.56. The summed E-state index contributed by atoms with van der Waals surface area (Å²) >= 11 is 0. The lowest BCUT2D eigenvalue weighted by molar-refractivity contribution is -0.150. The van der Waals surface area contributed by atoms with Gasteiger partial charge in [0.05, 0.1) is 32.3 Å². The number of benzene rings is 1. The lowest BCUT2D eigenvalue weighted by atomic mass is 10.2. The number of carbonyl (C=O) groups is 1. The number of H-pyrrole nitrogens is 1. The van der Waals surface area contributed by atoms with E-state index in [0.29, 0.717) is 0 Å². The van der Waals surface area contributed by atoms with Crippen LogP contribution < -0.4 is 20.9 Å². The summed E-state index contributed by atoms with van der Waals surface area (Å²) in [5, 5.41) is 23.4. The number of nitrogens with two attached hydrogens (primary N) is 1. The number of aliphatic hydroxyl groups is 2. The molecule has 0 aliphatic rings. The number of anilines is 1. The molecular formula is C22H31N6O9P. The van der Waals surface area contributed by atoms with Crippen molar-refractivity contribution in [1.82, 2.24) is 24.6 Å². The van der Waals surface area contributed by atoms with Crippen LogP contribution in [0.15, 0.2) is 41.5 Å². The zero-order chi connectivity index (χ0) is 28.0. The van der Waals surface area contributed by atoms with E-state index in [4.69, 9.17) is 19.5 Å². The topological polar surface area (TPSA) is 213 Å². The molecule has 16 heteroatoms. The third-order valence-electron chi connectivity index (χ3n) is 5.27. The van der Waals surface area contributed by atoms with Crippen molar-refractivity contribution in [2.75, 3.05) is 19.5 Å². The zero-order valence-electron chi connectivity index (χ0n) is 21.2. The highest BCUT2D eigenvalue weighted by molar-refractivity contribution is 7.52. The lowest BCUT2D eigenvalue weighted by Crippen LogP contribution is -2.39. The first-order chi connectivity index (χ1) is 17.9. The van der Waals surface area contributed by atoms with E-state index in [1.165, 1.54) is 50.9 Å². The Labute approximate surface area is 217 Å². The van der Waals surface area contributed by atoms with Crippen LogP contribution in [0, 0.1) is 0 Å². The number of para-hydroxylation sites is 1. The molecule has 0 saturated carbocycles. The molecule has 2 unspecified atom stereocenters. The van der Waals surface area contributed by atoms with Crippen molar-refractivity contribution in [2.45, 2.75) is 51.4 Å². The van der Waals surface area contributed by atoms with Crippen LogP contribution in [0.4, 0.5) is 5.95 Å². The molecule has 2 aromatic heterocycles. The lowest BCUT2D eigenvalue weighted by Gasteiger charge is -2.30. The van der Waals surface area contributed by atoms with Crippen LogP contribution in [0.2, 0.25) is 0 Å². The number of fused-ring (bicyclic) bond motifs is 1. The summed E-state index contributed by atoms with van der Waals surface area (Å²) in [4.78, 5) is 34.5. The Balaban J connectivity index is 1.86. The molecule has 0 aliphatic heterocycles. The zero-order valence-corrected chi connectivity index (χ0v) is 22.1. The van der Waals surface area contributed by atoms with Crippen LogP contribution in [-0.2, 0) is 23.4 Å². The van der Waals surface area contributed by atoms with Gasteiger partial charge in [-0.1, -0.05) is 18.2 Å². The summed E-state index contributed by atoms with van der Waals surface area (Å²) < 4.78 is 36.6. The summed E-state index contributed by atoms with van der Waals surface area (Å²) in [6, 6.07) is 7.04. The number of ether oxygens (including phenoxy) is 2. The van der Waals surface area contributed by atoms with Crippen molar-refractivity contribution in [2.24, 2.45) is 0 Å². The SMILES string of the molecule is COC(=O)[C@H](C)NP(=O)(OC[C@@H](O[C@H](C(C)O)n1cnc2c(=O)[nH]c(N)nc21)[C@@H](C)O)Oc1ccccc1. The van der Waals surface area contributed by atoms with E-state index in [0.717, 1.165) is 0 Å². The van der Waals surface area contributed by atoms with Gasteiger partial charge >= 0.3 is 13.7 Å². The van der Waals surface area contributed by atoms with Crippen molar-refractivity contribution in [3.05, 3.63) is 47.0 Å². The monoisotopic (exact) mass is 554 g/mol. The van der Waals surface area contributed by atoms with E-state index in [9.17, 15) is 24.4 Å². The van der Waals surface area contributed by atoms with Gasteiger partial charge in [0.15, 0.2) is 17.4 Å². The molecule has 0 aliphatic carbocycles. The fourth-order valence-electron chi connectivity index (χ4n) is 3.36. The predicted molar refractivity (Wildman–Crippen MR) is 135 cm³/mol. The van der Waals surface area contributed by atoms with E-state index in [-0.39, 0.29) is 22.9 Å². The average Bonchev–Trinajstić information content (AvgIpc) is 3.27. The maximum atomic E-state index is 13.6. The molecule has 6 atom stereocenters. The number of rotatable bonds is 13. The summed E-state index contributed by atoms with van der Waals surface area (Å²) in [5.74, 6) is -0.693. The van der Waals surface area contributed by atoms with Crippen molar-refractivity contribution in [3.63, 3.8) is 0 Å². The summed E-state index contributed by atoms with van der Waals surface area (Å²) in [5.41, 5.74) is 5.06. The van der Waals surface area contributed by atoms with Gasteiger partial charge in [0, 0.05) is 0 Å². The van der Waals surface area contributed by atoms with E-state index >= 15 is 0 Å². The van der Waals surface area contributed by atoms with Gasteiger partial charge in [-0.3, -0.25) is 23.7 Å². The second kappa shape index (κ2) is 12.5. The van der Waals surface area contributed by atoms with Crippen molar-refractivity contribution >= 4 is 30.8 Å². The Hall–Kier alpha value is -3.33. The highest BCUT2D eigenvalue weighted by Crippen LogP contribution is 2.45. The number of aromatic amines is 1. The minimum atomic E-state index is -4.24. The van der Waals surface area contributed by atoms with Gasteiger partial charge in [-0.2, -0.15) is 10.1 Å². The molecule has 15 nitrogen and oxygen atoms in total. The third kappa shape index (κ3) is 7.16. The van der Waals surface area contributed by atoms with E-state index < -0.39 is 56.5 Å². The second-order valence-corrected chi connectivity index (χ2v) is 10.1. The number of imidazole rings is 1. The number of carbonyl (C=O) groups excluding carboxylic acids is 1. The number of esters is 1. The van der Waals surface area contributed by atoms with Crippen LogP contribution in [0.1, 0.15) is 27.0 Å². The molecule has 6 N–H and O–H groups in total. The summed E-state index contributed by atoms with van der Waals surface area (Å²) in [6.45, 7) is 3.71. The molecule has 0 fully saturated rings. The fraction of sp³-hybridized carbons (Fsp3) is 0.455. The van der Waals surface area contributed by atoms with Crippen LogP contribution >= 0.6 is 7.75 Å². The first-order valence-electron chi connectivity index (χ1n) is 11.5. The van der Waals surface area contributed by atoms with Crippen molar-refractivity contribution in [3.8, 4) is 5.75 Å². The van der Waals surface area contributed by atoms with Crippen LogP contribution in [0.3, 0.4) is 0 Å². The predicted octanol–water partition coefficient (Wildman–Crippen LogP) is 0.702. The highest BCUT2D eigenvalue weighted by atomic mass is 31.2. The third-order valence-corrected chi connectivity index (χ3v) is 6.92. The smallest absolute Gasteiger partial charge is 0.459 e. The molecule has 3 aromatic rings. The molecule has 2 heterocycles. The quantitative estimate of drug-likeness (QED) is 0.146. The van der Waals surface area contributed by atoms with Crippen molar-refractivity contribution < 1.29 is 38.1 Å². The van der Waals surface area contributed by atoms with E-state index in [1.807, 2.05) is 0 Å². The highest BCUT2D eigenvalue weighted by Gasteiger charge is 2.35. The Morgan fingerprint density at radius 1 is 1.21 bits per heavy atom. The molecule has 0 spiro atoms. The number of hydrogen-bond donors (Lipinski definition) is 5. The Morgan fingerprint density at radius 2 is 1.89 bits per heavy atom. The van der Waals surface area contributed by atoms with Crippen LogP contribution in [0.5, 0.6) is 5.75 Å². The number of aliphatic hydroxyl groups excluding tert-OH is 2. The number of nitrogens with one attached hydrogen (secondary N) is 2. The molecule has 208 valence electrons. The normalized spacial score (nSPS) is 17.2. The summed E-state index contributed by atoms with van der Waals surface area (Å²) in [7, 11) is -3.06. The van der Waals surface area contributed by atoms with Gasteiger partial charge in [-0.05, 0) is 32.9 Å². The van der Waals surface area contributed by atoms with Gasteiger partial charge in [-0.15, -0.1) is 0 Å². The van der Waals surface area contributed by atoms with Crippen molar-refractivity contribution in [1.29, 1.82) is 0 Å². The number of hydrogen-bond acceptors (Lipinski definition) is 12. The Kier molecular flexibility index (Phi) is 9.60. The maximum Gasteiger partial charge on any atom is 0.459 e. The molecule has 38 heavy (non-hydrogen) atoms. The first-order valence-corrected chi connectivity index (χ1v) is 13.1. The van der Waals surface area contributed by atoms with Gasteiger partial charge in [0.2, 0.25) is 5.95 Å². The standard InChI is InChI=1S/C22H31N6O9P/c1-12(21(32)34-4)27-38(33,37-15-8-6-5-7-9-15)35-10-16(13(2)29)36-20(14(3)30)28-11-24-17-18(28)25-22(23)26-19(17)31/h5-9,11-14,16,20,29-30H,10H2,1-4H3,(H,27,33)(H3,23,25,26,31)/t12-,13+,14?,16+,20+,38?/m0/s1. The minimum Gasteiger partial charge on any atom is -0.468 e. The molecular weight excluding hydrogens is 523 g/mol.